The molecule has 0 radical (unpaired) electrons. The van der Waals surface area contributed by atoms with Gasteiger partial charge in [0, 0.05) is 36.0 Å². The minimum Gasteiger partial charge on any atom is -0.396 e. The first-order chi connectivity index (χ1) is 13.4. The van der Waals surface area contributed by atoms with Crippen LogP contribution in [0.3, 0.4) is 0 Å². The monoisotopic (exact) mass is 422 g/mol. The number of hydrogen-bond donors (Lipinski definition) is 2. The predicted molar refractivity (Wildman–Crippen MR) is 109 cm³/mol. The van der Waals surface area contributed by atoms with Crippen molar-refractivity contribution in [1.29, 1.82) is 0 Å². The molecule has 0 bridgehead atoms. The van der Waals surface area contributed by atoms with E-state index in [0.717, 1.165) is 12.8 Å². The van der Waals surface area contributed by atoms with Gasteiger partial charge in [0.25, 0.3) is 5.91 Å². The van der Waals surface area contributed by atoms with Crippen molar-refractivity contribution < 1.29 is 18.3 Å². The SMILES string of the molecule is O=C(Nc1ccc(Cl)cc1)c1cccc(S(=O)(=O)N2CCC(CCO)CC2)c1. The van der Waals surface area contributed by atoms with Crippen LogP contribution in [0.2, 0.25) is 5.02 Å². The molecule has 6 nitrogen and oxygen atoms in total. The van der Waals surface area contributed by atoms with E-state index >= 15 is 0 Å². The molecule has 0 unspecified atom stereocenters. The lowest BCUT2D eigenvalue weighted by atomic mass is 9.95. The average molecular weight is 423 g/mol. The molecule has 2 aromatic rings. The van der Waals surface area contributed by atoms with Crippen molar-refractivity contribution in [3.05, 3.63) is 59.1 Å². The Hall–Kier alpha value is -1.93. The summed E-state index contributed by atoms with van der Waals surface area (Å²) in [5.41, 5.74) is 0.847. The Kier molecular flexibility index (Phi) is 6.72. The van der Waals surface area contributed by atoms with E-state index in [1.54, 1.807) is 36.4 Å². The fourth-order valence-corrected chi connectivity index (χ4v) is 4.95. The second-order valence-corrected chi connectivity index (χ2v) is 9.22. The van der Waals surface area contributed by atoms with Gasteiger partial charge < -0.3 is 10.4 Å². The number of halogens is 1. The molecule has 2 aromatic carbocycles. The molecule has 1 saturated heterocycles. The molecule has 0 aromatic heterocycles. The van der Waals surface area contributed by atoms with Crippen LogP contribution in [0.25, 0.3) is 0 Å². The van der Waals surface area contributed by atoms with Crippen molar-refractivity contribution in [2.24, 2.45) is 5.92 Å². The first-order valence-electron chi connectivity index (χ1n) is 9.18. The summed E-state index contributed by atoms with van der Waals surface area (Å²) in [6.07, 6.45) is 2.17. The highest BCUT2D eigenvalue weighted by Gasteiger charge is 2.29. The lowest BCUT2D eigenvalue weighted by molar-refractivity contribution is 0.102. The third-order valence-corrected chi connectivity index (χ3v) is 7.09. The highest BCUT2D eigenvalue weighted by molar-refractivity contribution is 7.89. The highest BCUT2D eigenvalue weighted by Crippen LogP contribution is 2.26. The molecule has 1 heterocycles. The van der Waals surface area contributed by atoms with Gasteiger partial charge in [-0.3, -0.25) is 4.79 Å². The van der Waals surface area contributed by atoms with Gasteiger partial charge in [-0.05, 0) is 67.6 Å². The van der Waals surface area contributed by atoms with E-state index in [1.165, 1.54) is 16.4 Å². The minimum absolute atomic E-state index is 0.108. The number of aliphatic hydroxyl groups is 1. The van der Waals surface area contributed by atoms with Crippen molar-refractivity contribution in [3.63, 3.8) is 0 Å². The summed E-state index contributed by atoms with van der Waals surface area (Å²) in [4.78, 5) is 12.6. The van der Waals surface area contributed by atoms with E-state index in [9.17, 15) is 13.2 Å². The number of benzene rings is 2. The number of hydrogen-bond acceptors (Lipinski definition) is 4. The van der Waals surface area contributed by atoms with Crippen molar-refractivity contribution in [2.75, 3.05) is 25.0 Å². The molecule has 28 heavy (non-hydrogen) atoms. The molecule has 1 fully saturated rings. The summed E-state index contributed by atoms with van der Waals surface area (Å²) >= 11 is 5.84. The van der Waals surface area contributed by atoms with Crippen LogP contribution in [-0.4, -0.2) is 43.4 Å². The lowest BCUT2D eigenvalue weighted by Gasteiger charge is -2.31. The van der Waals surface area contributed by atoms with Crippen molar-refractivity contribution in [2.45, 2.75) is 24.2 Å². The van der Waals surface area contributed by atoms with Gasteiger partial charge in [0.1, 0.15) is 0 Å². The quantitative estimate of drug-likeness (QED) is 0.747. The highest BCUT2D eigenvalue weighted by atomic mass is 35.5. The second kappa shape index (κ2) is 9.05. The number of rotatable bonds is 6. The number of sulfonamides is 1. The molecular weight excluding hydrogens is 400 g/mol. The molecule has 1 aliphatic heterocycles. The smallest absolute Gasteiger partial charge is 0.255 e. The number of carbonyl (C=O) groups is 1. The van der Waals surface area contributed by atoms with E-state index in [-0.39, 0.29) is 23.0 Å². The van der Waals surface area contributed by atoms with Gasteiger partial charge in [-0.1, -0.05) is 17.7 Å². The molecule has 2 N–H and O–H groups in total. The normalized spacial score (nSPS) is 16.1. The Morgan fingerprint density at radius 2 is 1.82 bits per heavy atom. The average Bonchev–Trinajstić information content (AvgIpc) is 2.70. The number of nitrogens with one attached hydrogen (secondary N) is 1. The minimum atomic E-state index is -3.66. The number of aliphatic hydroxyl groups excluding tert-OH is 1. The van der Waals surface area contributed by atoms with E-state index in [2.05, 4.69) is 5.32 Å². The number of piperidine rings is 1. The maximum atomic E-state index is 13.0. The fourth-order valence-electron chi connectivity index (χ4n) is 3.30. The summed E-state index contributed by atoms with van der Waals surface area (Å²) in [7, 11) is -3.66. The maximum absolute atomic E-state index is 13.0. The van der Waals surface area contributed by atoms with Crippen molar-refractivity contribution >= 4 is 33.2 Å². The van der Waals surface area contributed by atoms with Crippen molar-refractivity contribution in [3.8, 4) is 0 Å². The predicted octanol–water partition coefficient (Wildman–Crippen LogP) is 3.38. The number of amides is 1. The Labute approximate surface area is 170 Å². The number of anilines is 1. The third kappa shape index (κ3) is 4.91. The zero-order valence-electron chi connectivity index (χ0n) is 15.3. The van der Waals surface area contributed by atoms with Crippen LogP contribution < -0.4 is 5.32 Å². The van der Waals surface area contributed by atoms with Crippen LogP contribution in [0.4, 0.5) is 5.69 Å². The molecular formula is C20H23ClN2O4S. The van der Waals surface area contributed by atoms with Gasteiger partial charge >= 0.3 is 0 Å². The Balaban J connectivity index is 1.73. The third-order valence-electron chi connectivity index (χ3n) is 4.95. The van der Waals surface area contributed by atoms with Gasteiger partial charge in [-0.15, -0.1) is 0 Å². The first kappa shape index (κ1) is 20.8. The largest absolute Gasteiger partial charge is 0.396 e. The summed E-state index contributed by atoms with van der Waals surface area (Å²) < 4.78 is 27.4. The first-order valence-corrected chi connectivity index (χ1v) is 11.0. The zero-order chi connectivity index (χ0) is 20.1. The molecule has 0 spiro atoms. The maximum Gasteiger partial charge on any atom is 0.255 e. The van der Waals surface area contributed by atoms with Crippen LogP contribution >= 0.6 is 11.6 Å². The Morgan fingerprint density at radius 3 is 2.46 bits per heavy atom. The van der Waals surface area contributed by atoms with E-state index in [0.29, 0.717) is 36.1 Å². The second-order valence-electron chi connectivity index (χ2n) is 6.85. The number of carbonyl (C=O) groups excluding carboxylic acids is 1. The van der Waals surface area contributed by atoms with E-state index in [4.69, 9.17) is 16.7 Å². The summed E-state index contributed by atoms with van der Waals surface area (Å²) in [5, 5.41) is 12.3. The molecule has 3 rings (SSSR count). The van der Waals surface area contributed by atoms with Gasteiger partial charge in [-0.25, -0.2) is 8.42 Å². The van der Waals surface area contributed by atoms with Crippen LogP contribution in [0, 0.1) is 5.92 Å². The van der Waals surface area contributed by atoms with Gasteiger partial charge in [0.05, 0.1) is 4.90 Å². The molecule has 1 amide bonds. The fraction of sp³-hybridized carbons (Fsp3) is 0.350. The van der Waals surface area contributed by atoms with Crippen LogP contribution in [-0.2, 0) is 10.0 Å². The lowest BCUT2D eigenvalue weighted by Crippen LogP contribution is -2.38. The Morgan fingerprint density at radius 1 is 1.14 bits per heavy atom. The summed E-state index contributed by atoms with van der Waals surface area (Å²) in [6, 6.07) is 12.8. The standard InChI is InChI=1S/C20H23ClN2O4S/c21-17-4-6-18(7-5-17)22-20(25)16-2-1-3-19(14-16)28(26,27)23-11-8-15(9-12-23)10-13-24/h1-7,14-15,24H,8-13H2,(H,22,25). The van der Waals surface area contributed by atoms with Gasteiger partial charge in [-0.2, -0.15) is 4.31 Å². The summed E-state index contributed by atoms with van der Waals surface area (Å²) in [5.74, 6) is -0.0334. The van der Waals surface area contributed by atoms with Gasteiger partial charge in [0.15, 0.2) is 0 Å². The molecule has 0 saturated carbocycles. The van der Waals surface area contributed by atoms with E-state index in [1.807, 2.05) is 0 Å². The molecule has 0 atom stereocenters. The Bertz CT molecular complexity index is 923. The topological polar surface area (TPSA) is 86.7 Å². The zero-order valence-corrected chi connectivity index (χ0v) is 16.9. The number of nitrogens with zero attached hydrogens (tertiary/aromatic N) is 1. The van der Waals surface area contributed by atoms with E-state index < -0.39 is 10.0 Å². The molecule has 150 valence electrons. The van der Waals surface area contributed by atoms with Crippen LogP contribution in [0.15, 0.2) is 53.4 Å². The molecule has 8 heteroatoms. The van der Waals surface area contributed by atoms with Gasteiger partial charge in [0.2, 0.25) is 10.0 Å². The van der Waals surface area contributed by atoms with Crippen LogP contribution in [0.1, 0.15) is 29.6 Å². The molecule has 0 aliphatic carbocycles. The van der Waals surface area contributed by atoms with Crippen LogP contribution in [0.5, 0.6) is 0 Å². The summed E-state index contributed by atoms with van der Waals surface area (Å²) in [6.45, 7) is 0.977. The van der Waals surface area contributed by atoms with Crippen molar-refractivity contribution in [1.82, 2.24) is 4.31 Å². The molecule has 1 aliphatic rings.